The Balaban J connectivity index is 1.41. The molecular formula is C29H43NO3. The predicted molar refractivity (Wildman–Crippen MR) is 135 cm³/mol. The second kappa shape index (κ2) is 12.0. The van der Waals surface area contributed by atoms with Crippen LogP contribution in [0, 0.1) is 24.7 Å². The second-order valence-corrected chi connectivity index (χ2v) is 10.5. The predicted octanol–water partition coefficient (Wildman–Crippen LogP) is 5.48. The van der Waals surface area contributed by atoms with Crippen LogP contribution in [0.15, 0.2) is 48.1 Å². The molecule has 33 heavy (non-hydrogen) atoms. The first-order valence-electron chi connectivity index (χ1n) is 12.7. The molecule has 1 N–H and O–H groups in total. The minimum absolute atomic E-state index is 0.0660. The number of aliphatic hydroxyl groups excluding tert-OH is 1. The Kier molecular flexibility index (Phi) is 9.34. The molecule has 4 heteroatoms. The van der Waals surface area contributed by atoms with Gasteiger partial charge in [-0.15, -0.1) is 0 Å². The maximum absolute atomic E-state index is 12.4. The number of hydrogen-bond donors (Lipinski definition) is 1. The number of hydrogen-bond acceptors (Lipinski definition) is 3. The molecule has 182 valence electrons. The van der Waals surface area contributed by atoms with E-state index < -0.39 is 0 Å². The van der Waals surface area contributed by atoms with E-state index in [1.165, 1.54) is 16.7 Å². The van der Waals surface area contributed by atoms with Crippen molar-refractivity contribution < 1.29 is 14.6 Å². The van der Waals surface area contributed by atoms with E-state index in [4.69, 9.17) is 4.74 Å². The van der Waals surface area contributed by atoms with Gasteiger partial charge in [0.25, 0.3) is 0 Å². The van der Waals surface area contributed by atoms with Gasteiger partial charge in [-0.3, -0.25) is 4.79 Å². The molecule has 1 aromatic rings. The van der Waals surface area contributed by atoms with Crippen LogP contribution < -0.4 is 0 Å². The molecule has 2 aliphatic carbocycles. The van der Waals surface area contributed by atoms with Gasteiger partial charge in [-0.1, -0.05) is 53.6 Å². The highest BCUT2D eigenvalue weighted by atomic mass is 16.5. The molecule has 0 spiro atoms. The summed E-state index contributed by atoms with van der Waals surface area (Å²) in [5, 5.41) is 10.6. The standard InChI is InChI=1S/C29H43NO3/c1-20(2)30(21(3)4)29(32)19-33-14-13-24-16-25-18-28(31)26(27(25)17-24)12-7-6-10-23-11-8-9-22(5)15-23/h7-9,11-12,15-16,20-21,25-28,31H,6,10,13-14,17-19H2,1-5H3/t25-,26+,27-,28+/m0/s1. The SMILES string of the molecule is Cc1cccc(CCC=C[C@@H]2[C@H]3CC(CCOCC(=O)N(C(C)C)C(C)C)=C[C@H]3C[C@H]2O)c1. The summed E-state index contributed by atoms with van der Waals surface area (Å²) < 4.78 is 5.74. The topological polar surface area (TPSA) is 49.8 Å². The molecule has 0 aliphatic heterocycles. The highest BCUT2D eigenvalue weighted by Crippen LogP contribution is 2.47. The largest absolute Gasteiger partial charge is 0.392 e. The number of aryl methyl sites for hydroxylation is 2. The third kappa shape index (κ3) is 7.04. The summed E-state index contributed by atoms with van der Waals surface area (Å²) in [6, 6.07) is 9.06. The van der Waals surface area contributed by atoms with Gasteiger partial charge in [0.2, 0.25) is 5.91 Å². The highest BCUT2D eigenvalue weighted by Gasteiger charge is 2.43. The van der Waals surface area contributed by atoms with Gasteiger partial charge in [0.05, 0.1) is 12.7 Å². The molecule has 0 saturated heterocycles. The van der Waals surface area contributed by atoms with Crippen molar-refractivity contribution in [1.82, 2.24) is 4.90 Å². The second-order valence-electron chi connectivity index (χ2n) is 10.5. The van der Waals surface area contributed by atoms with E-state index in [1.54, 1.807) is 0 Å². The van der Waals surface area contributed by atoms with E-state index in [1.807, 2.05) is 32.6 Å². The zero-order chi connectivity index (χ0) is 24.0. The Labute approximate surface area is 200 Å². The van der Waals surface area contributed by atoms with Gasteiger partial charge in [-0.2, -0.15) is 0 Å². The number of benzene rings is 1. The summed E-state index contributed by atoms with van der Waals surface area (Å²) >= 11 is 0. The Morgan fingerprint density at radius 3 is 2.67 bits per heavy atom. The highest BCUT2D eigenvalue weighted by molar-refractivity contribution is 5.78. The van der Waals surface area contributed by atoms with Crippen LogP contribution >= 0.6 is 0 Å². The molecule has 3 rings (SSSR count). The lowest BCUT2D eigenvalue weighted by atomic mass is 9.89. The molecule has 2 aliphatic rings. The Morgan fingerprint density at radius 2 is 1.97 bits per heavy atom. The smallest absolute Gasteiger partial charge is 0.249 e. The van der Waals surface area contributed by atoms with E-state index in [-0.39, 0.29) is 36.6 Å². The molecule has 0 unspecified atom stereocenters. The number of amides is 1. The van der Waals surface area contributed by atoms with Gasteiger partial charge in [-0.25, -0.2) is 0 Å². The van der Waals surface area contributed by atoms with Crippen LogP contribution in [0.25, 0.3) is 0 Å². The van der Waals surface area contributed by atoms with Gasteiger partial charge in [0.1, 0.15) is 6.61 Å². The van der Waals surface area contributed by atoms with Crippen LogP contribution in [-0.4, -0.2) is 47.3 Å². The Bertz CT molecular complexity index is 833. The molecule has 4 nitrogen and oxygen atoms in total. The summed E-state index contributed by atoms with van der Waals surface area (Å²) in [6.45, 7) is 11.0. The summed E-state index contributed by atoms with van der Waals surface area (Å²) in [6.07, 6.45) is 11.5. The maximum atomic E-state index is 12.4. The zero-order valence-electron chi connectivity index (χ0n) is 21.2. The monoisotopic (exact) mass is 453 g/mol. The first-order chi connectivity index (χ1) is 15.8. The normalized spacial score (nSPS) is 24.7. The van der Waals surface area contributed by atoms with Crippen LogP contribution in [-0.2, 0) is 16.0 Å². The van der Waals surface area contributed by atoms with Crippen LogP contribution in [0.1, 0.15) is 64.5 Å². The number of fused-ring (bicyclic) bond motifs is 1. The van der Waals surface area contributed by atoms with Crippen molar-refractivity contribution in [3.63, 3.8) is 0 Å². The first-order valence-corrected chi connectivity index (χ1v) is 12.7. The van der Waals surface area contributed by atoms with Crippen molar-refractivity contribution >= 4 is 5.91 Å². The number of carbonyl (C=O) groups excluding carboxylic acids is 1. The Hall–Kier alpha value is -1.91. The molecule has 0 aromatic heterocycles. The van der Waals surface area contributed by atoms with Crippen molar-refractivity contribution in [2.24, 2.45) is 17.8 Å². The quantitative estimate of drug-likeness (QED) is 0.357. The Morgan fingerprint density at radius 1 is 1.21 bits per heavy atom. The molecule has 1 aromatic carbocycles. The number of carbonyl (C=O) groups is 1. The average molecular weight is 454 g/mol. The molecule has 1 fully saturated rings. The lowest BCUT2D eigenvalue weighted by molar-refractivity contribution is -0.139. The van der Waals surface area contributed by atoms with Crippen molar-refractivity contribution in [1.29, 1.82) is 0 Å². The number of ether oxygens (including phenoxy) is 1. The van der Waals surface area contributed by atoms with E-state index >= 15 is 0 Å². The molecule has 1 amide bonds. The average Bonchev–Trinajstić information content (AvgIpc) is 3.25. The summed E-state index contributed by atoms with van der Waals surface area (Å²) in [7, 11) is 0. The lowest BCUT2D eigenvalue weighted by Crippen LogP contribution is -2.44. The van der Waals surface area contributed by atoms with Crippen LogP contribution in [0.5, 0.6) is 0 Å². The van der Waals surface area contributed by atoms with Crippen LogP contribution in [0.3, 0.4) is 0 Å². The molecule has 0 bridgehead atoms. The van der Waals surface area contributed by atoms with E-state index in [0.29, 0.717) is 18.4 Å². The van der Waals surface area contributed by atoms with Crippen LogP contribution in [0.4, 0.5) is 0 Å². The van der Waals surface area contributed by atoms with E-state index in [9.17, 15) is 9.90 Å². The van der Waals surface area contributed by atoms with Crippen molar-refractivity contribution in [3.05, 3.63) is 59.2 Å². The molecular weight excluding hydrogens is 410 g/mol. The number of aliphatic hydroxyl groups is 1. The number of rotatable bonds is 11. The molecule has 4 atom stereocenters. The molecule has 0 radical (unpaired) electrons. The summed E-state index contributed by atoms with van der Waals surface area (Å²) in [4.78, 5) is 14.3. The van der Waals surface area contributed by atoms with E-state index in [0.717, 1.165) is 32.1 Å². The fraction of sp³-hybridized carbons (Fsp3) is 0.621. The van der Waals surface area contributed by atoms with Crippen molar-refractivity contribution in [2.45, 2.75) is 84.9 Å². The number of allylic oxidation sites excluding steroid dienone is 2. The lowest BCUT2D eigenvalue weighted by Gasteiger charge is -2.30. The maximum Gasteiger partial charge on any atom is 0.249 e. The van der Waals surface area contributed by atoms with Gasteiger partial charge in [0, 0.05) is 18.0 Å². The molecule has 0 heterocycles. The van der Waals surface area contributed by atoms with Gasteiger partial charge in [0.15, 0.2) is 0 Å². The van der Waals surface area contributed by atoms with Gasteiger partial charge >= 0.3 is 0 Å². The van der Waals surface area contributed by atoms with Crippen LogP contribution in [0.2, 0.25) is 0 Å². The third-order valence-corrected chi connectivity index (χ3v) is 7.18. The van der Waals surface area contributed by atoms with Crippen molar-refractivity contribution in [2.75, 3.05) is 13.2 Å². The van der Waals surface area contributed by atoms with Gasteiger partial charge < -0.3 is 14.7 Å². The summed E-state index contributed by atoms with van der Waals surface area (Å²) in [5.74, 6) is 1.29. The minimum atomic E-state index is -0.236. The first kappa shape index (κ1) is 25.7. The van der Waals surface area contributed by atoms with Gasteiger partial charge in [-0.05, 0) is 84.1 Å². The van der Waals surface area contributed by atoms with E-state index in [2.05, 4.69) is 49.4 Å². The minimum Gasteiger partial charge on any atom is -0.392 e. The third-order valence-electron chi connectivity index (χ3n) is 7.18. The fourth-order valence-electron chi connectivity index (χ4n) is 5.77. The van der Waals surface area contributed by atoms with Crippen molar-refractivity contribution in [3.8, 4) is 0 Å². The number of nitrogens with zero attached hydrogens (tertiary/aromatic N) is 1. The molecule has 1 saturated carbocycles. The fourth-order valence-corrected chi connectivity index (χ4v) is 5.77. The summed E-state index contributed by atoms with van der Waals surface area (Å²) in [5.41, 5.74) is 4.10. The zero-order valence-corrected chi connectivity index (χ0v) is 21.2.